The fraction of sp³-hybridized carbons (Fsp3) is 0.0909. The van der Waals surface area contributed by atoms with Gasteiger partial charge in [-0.1, -0.05) is 39.8 Å². The van der Waals surface area contributed by atoms with Gasteiger partial charge in [0.25, 0.3) is 0 Å². The molecule has 0 radical (unpaired) electrons. The van der Waals surface area contributed by atoms with Crippen molar-refractivity contribution >= 4 is 33.5 Å². The molecule has 82 valence electrons. The molecule has 2 N–H and O–H groups in total. The molecule has 0 unspecified atom stereocenters. The average Bonchev–Trinajstić information content (AvgIpc) is 2.30. The molecule has 0 atom stereocenters. The maximum absolute atomic E-state index is 5.71. The van der Waals surface area contributed by atoms with Crippen molar-refractivity contribution in [1.82, 2.24) is 9.97 Å². The maximum atomic E-state index is 5.71. The number of benzene rings is 1. The standard InChI is InChI=1S/C11H10BrN3S/c12-9-3-1-8(2-4-9)7-16-11-10(13)14-5-6-15-11/h1-6H,7H2,(H2,13,14). The minimum absolute atomic E-state index is 0.490. The second-order valence-corrected chi connectivity index (χ2v) is 5.04. The number of thioether (sulfide) groups is 1. The Balaban J connectivity index is 2.02. The fourth-order valence-electron chi connectivity index (χ4n) is 1.18. The van der Waals surface area contributed by atoms with E-state index in [1.807, 2.05) is 12.1 Å². The van der Waals surface area contributed by atoms with Crippen molar-refractivity contribution in [3.63, 3.8) is 0 Å². The van der Waals surface area contributed by atoms with Crippen LogP contribution >= 0.6 is 27.7 Å². The number of aromatic nitrogens is 2. The molecule has 0 saturated heterocycles. The highest BCUT2D eigenvalue weighted by Gasteiger charge is 2.02. The lowest BCUT2D eigenvalue weighted by molar-refractivity contribution is 1.07. The molecule has 5 heteroatoms. The van der Waals surface area contributed by atoms with Crippen LogP contribution in [0.15, 0.2) is 46.2 Å². The van der Waals surface area contributed by atoms with Gasteiger partial charge >= 0.3 is 0 Å². The number of halogens is 1. The minimum Gasteiger partial charge on any atom is -0.381 e. The highest BCUT2D eigenvalue weighted by atomic mass is 79.9. The van der Waals surface area contributed by atoms with Gasteiger partial charge in [-0.25, -0.2) is 9.97 Å². The molecule has 0 aliphatic carbocycles. The van der Waals surface area contributed by atoms with Crippen LogP contribution in [0.5, 0.6) is 0 Å². The maximum Gasteiger partial charge on any atom is 0.156 e. The van der Waals surface area contributed by atoms with Crippen LogP contribution < -0.4 is 5.73 Å². The van der Waals surface area contributed by atoms with Gasteiger partial charge in [0.2, 0.25) is 0 Å². The molecule has 0 aliphatic rings. The number of nitrogen functional groups attached to an aromatic ring is 1. The van der Waals surface area contributed by atoms with Crippen molar-refractivity contribution in [2.45, 2.75) is 10.8 Å². The Morgan fingerprint density at radius 1 is 1.12 bits per heavy atom. The van der Waals surface area contributed by atoms with Gasteiger partial charge in [0.1, 0.15) is 5.03 Å². The molecule has 1 aromatic heterocycles. The third-order valence-electron chi connectivity index (χ3n) is 1.98. The largest absolute Gasteiger partial charge is 0.381 e. The fourth-order valence-corrected chi connectivity index (χ4v) is 2.28. The van der Waals surface area contributed by atoms with E-state index in [2.05, 4.69) is 38.0 Å². The number of hydrogen-bond donors (Lipinski definition) is 1. The molecule has 0 fully saturated rings. The van der Waals surface area contributed by atoms with Crippen LogP contribution in [0.25, 0.3) is 0 Å². The van der Waals surface area contributed by atoms with E-state index in [1.165, 1.54) is 5.56 Å². The van der Waals surface area contributed by atoms with Gasteiger partial charge in [-0.3, -0.25) is 0 Å². The second kappa shape index (κ2) is 5.32. The number of nitrogens with two attached hydrogens (primary N) is 1. The van der Waals surface area contributed by atoms with Crippen LogP contribution in [0.4, 0.5) is 5.82 Å². The first-order valence-corrected chi connectivity index (χ1v) is 6.47. The molecule has 0 bridgehead atoms. The van der Waals surface area contributed by atoms with Crippen LogP contribution in [0, 0.1) is 0 Å². The first kappa shape index (κ1) is 11.4. The predicted octanol–water partition coefficient (Wildman–Crippen LogP) is 3.11. The van der Waals surface area contributed by atoms with Crippen LogP contribution in [0.3, 0.4) is 0 Å². The van der Waals surface area contributed by atoms with E-state index >= 15 is 0 Å². The smallest absolute Gasteiger partial charge is 0.156 e. The highest BCUT2D eigenvalue weighted by molar-refractivity contribution is 9.10. The van der Waals surface area contributed by atoms with E-state index in [0.29, 0.717) is 5.82 Å². The summed E-state index contributed by atoms with van der Waals surface area (Å²) in [5, 5.41) is 0.783. The molecular formula is C11H10BrN3S. The van der Waals surface area contributed by atoms with Crippen LogP contribution in [0.2, 0.25) is 0 Å². The van der Waals surface area contributed by atoms with E-state index in [9.17, 15) is 0 Å². The summed E-state index contributed by atoms with van der Waals surface area (Å²) in [6.07, 6.45) is 3.25. The van der Waals surface area contributed by atoms with E-state index < -0.39 is 0 Å². The van der Waals surface area contributed by atoms with Crippen LogP contribution in [0.1, 0.15) is 5.56 Å². The van der Waals surface area contributed by atoms with Gasteiger partial charge in [-0.15, -0.1) is 0 Å². The third kappa shape index (κ3) is 2.96. The zero-order chi connectivity index (χ0) is 11.4. The van der Waals surface area contributed by atoms with Gasteiger partial charge in [0.15, 0.2) is 5.82 Å². The molecule has 2 rings (SSSR count). The summed E-state index contributed by atoms with van der Waals surface area (Å²) in [7, 11) is 0. The van der Waals surface area contributed by atoms with E-state index in [0.717, 1.165) is 15.3 Å². The van der Waals surface area contributed by atoms with Crippen LogP contribution in [-0.2, 0) is 5.75 Å². The Kier molecular flexibility index (Phi) is 3.79. The molecular weight excluding hydrogens is 286 g/mol. The van der Waals surface area contributed by atoms with Gasteiger partial charge in [0.05, 0.1) is 0 Å². The zero-order valence-electron chi connectivity index (χ0n) is 8.43. The molecule has 1 heterocycles. The molecule has 0 saturated carbocycles. The quantitative estimate of drug-likeness (QED) is 0.884. The van der Waals surface area contributed by atoms with E-state index in [-0.39, 0.29) is 0 Å². The van der Waals surface area contributed by atoms with Crippen molar-refractivity contribution in [2.75, 3.05) is 5.73 Å². The summed E-state index contributed by atoms with van der Waals surface area (Å²) in [5.74, 6) is 1.33. The Bertz CT molecular complexity index is 473. The van der Waals surface area contributed by atoms with Crippen molar-refractivity contribution in [1.29, 1.82) is 0 Å². The normalized spacial score (nSPS) is 10.3. The lowest BCUT2D eigenvalue weighted by atomic mass is 10.2. The van der Waals surface area contributed by atoms with Crippen molar-refractivity contribution < 1.29 is 0 Å². The summed E-state index contributed by atoms with van der Waals surface area (Å²) in [5.41, 5.74) is 6.94. The SMILES string of the molecule is Nc1nccnc1SCc1ccc(Br)cc1. The molecule has 0 spiro atoms. The molecule has 1 aromatic carbocycles. The lowest BCUT2D eigenvalue weighted by Crippen LogP contribution is -1.94. The first-order chi connectivity index (χ1) is 7.75. The Labute approximate surface area is 107 Å². The molecule has 0 amide bonds. The molecule has 2 aromatic rings. The van der Waals surface area contributed by atoms with Gasteiger partial charge in [0, 0.05) is 22.6 Å². The second-order valence-electron chi connectivity index (χ2n) is 3.16. The minimum atomic E-state index is 0.490. The number of hydrogen-bond acceptors (Lipinski definition) is 4. The van der Waals surface area contributed by atoms with Gasteiger partial charge in [-0.05, 0) is 17.7 Å². The van der Waals surface area contributed by atoms with Crippen LogP contribution in [-0.4, -0.2) is 9.97 Å². The van der Waals surface area contributed by atoms with Crippen molar-refractivity contribution in [2.24, 2.45) is 0 Å². The number of rotatable bonds is 3. The van der Waals surface area contributed by atoms with Crippen molar-refractivity contribution in [3.8, 4) is 0 Å². The zero-order valence-corrected chi connectivity index (χ0v) is 10.8. The summed E-state index contributed by atoms with van der Waals surface area (Å²) >= 11 is 5.00. The van der Waals surface area contributed by atoms with Gasteiger partial charge < -0.3 is 5.73 Å². The molecule has 0 aliphatic heterocycles. The third-order valence-corrected chi connectivity index (χ3v) is 3.57. The van der Waals surface area contributed by atoms with Gasteiger partial charge in [-0.2, -0.15) is 0 Å². The summed E-state index contributed by atoms with van der Waals surface area (Å²) in [6, 6.07) is 8.19. The van der Waals surface area contributed by atoms with Crippen molar-refractivity contribution in [3.05, 3.63) is 46.7 Å². The lowest BCUT2D eigenvalue weighted by Gasteiger charge is -2.03. The summed E-state index contributed by atoms with van der Waals surface area (Å²) < 4.78 is 1.08. The number of nitrogens with zero attached hydrogens (tertiary/aromatic N) is 2. The molecule has 16 heavy (non-hydrogen) atoms. The number of anilines is 1. The first-order valence-electron chi connectivity index (χ1n) is 4.69. The predicted molar refractivity (Wildman–Crippen MR) is 70.1 cm³/mol. The highest BCUT2D eigenvalue weighted by Crippen LogP contribution is 2.24. The molecule has 3 nitrogen and oxygen atoms in total. The van der Waals surface area contributed by atoms with E-state index in [1.54, 1.807) is 24.2 Å². The summed E-state index contributed by atoms with van der Waals surface area (Å²) in [6.45, 7) is 0. The topological polar surface area (TPSA) is 51.8 Å². The summed E-state index contributed by atoms with van der Waals surface area (Å²) in [4.78, 5) is 8.17. The monoisotopic (exact) mass is 295 g/mol. The Hall–Kier alpha value is -1.07. The Morgan fingerprint density at radius 2 is 1.81 bits per heavy atom. The average molecular weight is 296 g/mol. The van der Waals surface area contributed by atoms with E-state index in [4.69, 9.17) is 5.73 Å². The Morgan fingerprint density at radius 3 is 2.50 bits per heavy atom.